The number of nitrogens with zero attached hydrogens (tertiary/aromatic N) is 2. The van der Waals surface area contributed by atoms with Gasteiger partial charge in [0.05, 0.1) is 5.56 Å². The molecule has 1 aliphatic rings. The third-order valence-electron chi connectivity index (χ3n) is 6.04. The molecule has 1 amide bonds. The summed E-state index contributed by atoms with van der Waals surface area (Å²) in [6, 6.07) is 15.3. The molecule has 0 spiro atoms. The maximum atomic E-state index is 13.1. The minimum atomic E-state index is -0.134. The van der Waals surface area contributed by atoms with Crippen LogP contribution >= 0.6 is 0 Å². The van der Waals surface area contributed by atoms with E-state index in [4.69, 9.17) is 9.15 Å². The Bertz CT molecular complexity index is 1020. The van der Waals surface area contributed by atoms with E-state index >= 15 is 0 Å². The average molecular weight is 436 g/mol. The Kier molecular flexibility index (Phi) is 7.45. The van der Waals surface area contributed by atoms with Crippen LogP contribution in [0.5, 0.6) is 5.75 Å². The molecule has 0 saturated carbocycles. The van der Waals surface area contributed by atoms with Gasteiger partial charge < -0.3 is 19.4 Å². The molecule has 0 atom stereocenters. The Morgan fingerprint density at radius 2 is 1.81 bits per heavy atom. The van der Waals surface area contributed by atoms with Crippen molar-refractivity contribution in [1.82, 2.24) is 9.80 Å². The van der Waals surface area contributed by atoms with E-state index in [0.717, 1.165) is 80.2 Å². The molecule has 1 saturated heterocycles. The zero-order valence-corrected chi connectivity index (χ0v) is 19.1. The molecule has 1 fully saturated rings. The van der Waals surface area contributed by atoms with Crippen LogP contribution in [0.1, 0.15) is 35.9 Å². The number of hydrogen-bond acceptors (Lipinski definition) is 5. The summed E-state index contributed by atoms with van der Waals surface area (Å²) in [5.74, 6) is 1.44. The number of nitrogens with one attached hydrogen (secondary N) is 1. The van der Waals surface area contributed by atoms with Gasteiger partial charge in [-0.1, -0.05) is 31.5 Å². The first-order chi connectivity index (χ1) is 15.6. The summed E-state index contributed by atoms with van der Waals surface area (Å²) < 4.78 is 11.9. The van der Waals surface area contributed by atoms with Gasteiger partial charge in [0.2, 0.25) is 0 Å². The molecule has 0 bridgehead atoms. The summed E-state index contributed by atoms with van der Waals surface area (Å²) in [7, 11) is 2.16. The monoisotopic (exact) mass is 435 g/mol. The van der Waals surface area contributed by atoms with Gasteiger partial charge in [-0.05, 0) is 43.8 Å². The number of rotatable bonds is 9. The second-order valence-electron chi connectivity index (χ2n) is 8.47. The molecular formula is C26H33N3O3. The zero-order valence-electron chi connectivity index (χ0n) is 19.1. The van der Waals surface area contributed by atoms with Crippen molar-refractivity contribution < 1.29 is 13.9 Å². The second-order valence-corrected chi connectivity index (χ2v) is 8.47. The number of anilines is 1. The van der Waals surface area contributed by atoms with Crippen molar-refractivity contribution >= 4 is 22.6 Å². The average Bonchev–Trinajstić information content (AvgIpc) is 3.18. The summed E-state index contributed by atoms with van der Waals surface area (Å²) in [5.41, 5.74) is 2.14. The molecule has 1 aliphatic heterocycles. The number of aryl methyl sites for hydroxylation is 1. The van der Waals surface area contributed by atoms with E-state index in [1.54, 1.807) is 0 Å². The fraction of sp³-hybridized carbons (Fsp3) is 0.423. The highest BCUT2D eigenvalue weighted by Gasteiger charge is 2.20. The van der Waals surface area contributed by atoms with Gasteiger partial charge in [0, 0.05) is 50.2 Å². The van der Waals surface area contributed by atoms with Crippen molar-refractivity contribution in [2.24, 2.45) is 0 Å². The summed E-state index contributed by atoms with van der Waals surface area (Å²) in [6.07, 6.45) is 2.79. The van der Waals surface area contributed by atoms with Crippen LogP contribution in [0, 0.1) is 0 Å². The summed E-state index contributed by atoms with van der Waals surface area (Å²) in [5, 5.41) is 3.89. The van der Waals surface area contributed by atoms with E-state index in [-0.39, 0.29) is 5.91 Å². The maximum absolute atomic E-state index is 13.1. The molecule has 170 valence electrons. The van der Waals surface area contributed by atoms with Crippen molar-refractivity contribution in [3.05, 3.63) is 59.9 Å². The van der Waals surface area contributed by atoms with Gasteiger partial charge in [-0.25, -0.2) is 0 Å². The highest BCUT2D eigenvalue weighted by Crippen LogP contribution is 2.28. The van der Waals surface area contributed by atoms with Crippen LogP contribution in [0.2, 0.25) is 0 Å². The van der Waals surface area contributed by atoms with Crippen molar-refractivity contribution in [2.75, 3.05) is 51.7 Å². The lowest BCUT2D eigenvalue weighted by molar-refractivity contribution is 0.102. The molecule has 1 N–H and O–H groups in total. The number of piperazine rings is 1. The Morgan fingerprint density at radius 3 is 2.56 bits per heavy atom. The van der Waals surface area contributed by atoms with Gasteiger partial charge in [-0.3, -0.25) is 9.69 Å². The third-order valence-corrected chi connectivity index (χ3v) is 6.04. The van der Waals surface area contributed by atoms with Crippen LogP contribution in [0.25, 0.3) is 11.0 Å². The first-order valence-electron chi connectivity index (χ1n) is 11.6. The molecule has 1 aromatic heterocycles. The number of ether oxygens (including phenoxy) is 1. The van der Waals surface area contributed by atoms with E-state index in [2.05, 4.69) is 29.1 Å². The Balaban J connectivity index is 1.36. The number of hydrogen-bond donors (Lipinski definition) is 1. The van der Waals surface area contributed by atoms with Crippen molar-refractivity contribution in [2.45, 2.75) is 26.2 Å². The number of benzene rings is 2. The normalized spacial score (nSPS) is 15.2. The number of carbonyl (C=O) groups excluding carboxylic acids is 1. The summed E-state index contributed by atoms with van der Waals surface area (Å²) in [6.45, 7) is 8.14. The number of unbranched alkanes of at least 4 members (excludes halogenated alkanes) is 1. The second kappa shape index (κ2) is 10.7. The number of amides is 1. The molecule has 2 aromatic carbocycles. The predicted molar refractivity (Wildman–Crippen MR) is 129 cm³/mol. The lowest BCUT2D eigenvalue weighted by Crippen LogP contribution is -2.45. The first-order valence-corrected chi connectivity index (χ1v) is 11.6. The van der Waals surface area contributed by atoms with E-state index in [1.807, 2.05) is 48.5 Å². The lowest BCUT2D eigenvalue weighted by atomic mass is 10.1. The summed E-state index contributed by atoms with van der Waals surface area (Å²) in [4.78, 5) is 17.9. The molecule has 32 heavy (non-hydrogen) atoms. The fourth-order valence-corrected chi connectivity index (χ4v) is 4.05. The highest BCUT2D eigenvalue weighted by atomic mass is 16.5. The van der Waals surface area contributed by atoms with Crippen molar-refractivity contribution in [1.29, 1.82) is 0 Å². The van der Waals surface area contributed by atoms with Crippen LogP contribution in [-0.2, 0) is 6.42 Å². The SMILES string of the molecule is CCCCc1oc2ccccc2c1C(=O)Nc1ccc(OCCN2CCN(C)CC2)cc1. The quantitative estimate of drug-likeness (QED) is 0.530. The number of likely N-dealkylation sites (N-methyl/N-ethyl adjacent to an activating group) is 1. The molecule has 0 aliphatic carbocycles. The minimum Gasteiger partial charge on any atom is -0.492 e. The number of carbonyl (C=O) groups is 1. The molecule has 0 radical (unpaired) electrons. The smallest absolute Gasteiger partial charge is 0.259 e. The van der Waals surface area contributed by atoms with Crippen molar-refractivity contribution in [3.63, 3.8) is 0 Å². The molecule has 0 unspecified atom stereocenters. The number of furan rings is 1. The molecular weight excluding hydrogens is 402 g/mol. The molecule has 6 heteroatoms. The van der Waals surface area contributed by atoms with Gasteiger partial charge in [0.15, 0.2) is 0 Å². The predicted octanol–water partition coefficient (Wildman–Crippen LogP) is 4.65. The minimum absolute atomic E-state index is 0.134. The zero-order chi connectivity index (χ0) is 22.3. The van der Waals surface area contributed by atoms with Crippen LogP contribution in [0.3, 0.4) is 0 Å². The van der Waals surface area contributed by atoms with Crippen molar-refractivity contribution in [3.8, 4) is 5.75 Å². The van der Waals surface area contributed by atoms with Crippen LogP contribution in [-0.4, -0.2) is 62.1 Å². The topological polar surface area (TPSA) is 58.0 Å². The van der Waals surface area contributed by atoms with E-state index < -0.39 is 0 Å². The highest BCUT2D eigenvalue weighted by molar-refractivity contribution is 6.13. The van der Waals surface area contributed by atoms with E-state index in [9.17, 15) is 4.79 Å². The molecule has 3 aromatic rings. The van der Waals surface area contributed by atoms with Crippen LogP contribution < -0.4 is 10.1 Å². The molecule has 6 nitrogen and oxygen atoms in total. The lowest BCUT2D eigenvalue weighted by Gasteiger charge is -2.32. The van der Waals surface area contributed by atoms with E-state index in [0.29, 0.717) is 12.2 Å². The van der Waals surface area contributed by atoms with Gasteiger partial charge in [-0.2, -0.15) is 0 Å². The van der Waals surface area contributed by atoms with Gasteiger partial charge in [0.25, 0.3) is 5.91 Å². The standard InChI is InChI=1S/C26H33N3O3/c1-3-4-8-24-25(22-7-5-6-9-23(22)32-24)26(30)27-20-10-12-21(13-11-20)31-19-18-29-16-14-28(2)15-17-29/h5-7,9-13H,3-4,8,14-19H2,1-2H3,(H,27,30). The molecule has 2 heterocycles. The fourth-order valence-electron chi connectivity index (χ4n) is 4.05. The van der Waals surface area contributed by atoms with Gasteiger partial charge in [-0.15, -0.1) is 0 Å². The van der Waals surface area contributed by atoms with E-state index in [1.165, 1.54) is 0 Å². The number of para-hydroxylation sites is 1. The van der Waals surface area contributed by atoms with Crippen LogP contribution in [0.4, 0.5) is 5.69 Å². The van der Waals surface area contributed by atoms with Crippen LogP contribution in [0.15, 0.2) is 52.9 Å². The van der Waals surface area contributed by atoms with Gasteiger partial charge >= 0.3 is 0 Å². The Morgan fingerprint density at radius 1 is 1.06 bits per heavy atom. The number of fused-ring (bicyclic) bond motifs is 1. The largest absolute Gasteiger partial charge is 0.492 e. The first kappa shape index (κ1) is 22.4. The summed E-state index contributed by atoms with van der Waals surface area (Å²) >= 11 is 0. The molecule has 4 rings (SSSR count). The third kappa shape index (κ3) is 5.50. The van der Waals surface area contributed by atoms with Gasteiger partial charge in [0.1, 0.15) is 23.7 Å². The Labute approximate surface area is 190 Å². The maximum Gasteiger partial charge on any atom is 0.259 e. The Hall–Kier alpha value is -2.83.